The molecule has 1 atom stereocenters. The summed E-state index contributed by atoms with van der Waals surface area (Å²) in [5, 5.41) is 0. The van der Waals surface area contributed by atoms with Crippen LogP contribution < -0.4 is 11.5 Å². The molecule has 0 saturated heterocycles. The summed E-state index contributed by atoms with van der Waals surface area (Å²) in [4.78, 5) is 13.9. The Balaban J connectivity index is 3.28. The van der Waals surface area contributed by atoms with Gasteiger partial charge in [-0.3, -0.25) is 4.99 Å². The standard InChI is InChI=1S/C7H15N3O/c1-6(5-11)3-2-4-10-7(8)9/h5-6H,2-4H2,1H3,(H4,8,9,10)/t6-/m0/s1. The Morgan fingerprint density at radius 2 is 2.27 bits per heavy atom. The minimum absolute atomic E-state index is 0.115. The van der Waals surface area contributed by atoms with E-state index in [0.29, 0.717) is 6.54 Å². The van der Waals surface area contributed by atoms with Crippen molar-refractivity contribution in [3.8, 4) is 0 Å². The SMILES string of the molecule is C[C@H](C=O)CCCN=C(N)N. The molecule has 0 radical (unpaired) electrons. The van der Waals surface area contributed by atoms with Crippen LogP contribution in [0.5, 0.6) is 0 Å². The van der Waals surface area contributed by atoms with Crippen LogP contribution in [-0.2, 0) is 4.79 Å². The zero-order chi connectivity index (χ0) is 8.69. The molecule has 0 aliphatic rings. The van der Waals surface area contributed by atoms with E-state index < -0.39 is 0 Å². The summed E-state index contributed by atoms with van der Waals surface area (Å²) in [6, 6.07) is 0. The fourth-order valence-electron chi connectivity index (χ4n) is 0.689. The Labute approximate surface area is 66.7 Å². The van der Waals surface area contributed by atoms with Gasteiger partial charge in [-0.1, -0.05) is 6.92 Å². The van der Waals surface area contributed by atoms with Crippen molar-refractivity contribution in [3.05, 3.63) is 0 Å². The van der Waals surface area contributed by atoms with E-state index in [1.54, 1.807) is 0 Å². The normalized spacial score (nSPS) is 12.1. The topological polar surface area (TPSA) is 81.5 Å². The second-order valence-corrected chi connectivity index (χ2v) is 2.56. The minimum Gasteiger partial charge on any atom is -0.370 e. The van der Waals surface area contributed by atoms with E-state index in [-0.39, 0.29) is 11.9 Å². The van der Waals surface area contributed by atoms with E-state index >= 15 is 0 Å². The number of guanidine groups is 1. The summed E-state index contributed by atoms with van der Waals surface area (Å²) in [7, 11) is 0. The first-order valence-electron chi connectivity index (χ1n) is 3.67. The maximum atomic E-state index is 10.1. The predicted octanol–water partition coefficient (Wildman–Crippen LogP) is -0.125. The van der Waals surface area contributed by atoms with Crippen LogP contribution in [0.25, 0.3) is 0 Å². The highest BCUT2D eigenvalue weighted by Gasteiger charge is 1.97. The van der Waals surface area contributed by atoms with Gasteiger partial charge in [-0.2, -0.15) is 0 Å². The molecule has 0 aromatic heterocycles. The lowest BCUT2D eigenvalue weighted by Crippen LogP contribution is -2.23. The van der Waals surface area contributed by atoms with Gasteiger partial charge in [0.05, 0.1) is 0 Å². The van der Waals surface area contributed by atoms with Crippen LogP contribution in [0.15, 0.2) is 4.99 Å². The molecular formula is C7H15N3O. The van der Waals surface area contributed by atoms with Gasteiger partial charge in [0.25, 0.3) is 0 Å². The monoisotopic (exact) mass is 157 g/mol. The molecule has 64 valence electrons. The summed E-state index contributed by atoms with van der Waals surface area (Å²) in [6.45, 7) is 2.49. The van der Waals surface area contributed by atoms with Gasteiger partial charge < -0.3 is 16.3 Å². The van der Waals surface area contributed by atoms with Gasteiger partial charge in [0.15, 0.2) is 5.96 Å². The first-order chi connectivity index (χ1) is 5.16. The zero-order valence-corrected chi connectivity index (χ0v) is 6.79. The lowest BCUT2D eigenvalue weighted by molar-refractivity contribution is -0.110. The molecule has 4 heteroatoms. The molecule has 4 N–H and O–H groups in total. The number of aldehydes is 1. The summed E-state index contributed by atoms with van der Waals surface area (Å²) >= 11 is 0. The van der Waals surface area contributed by atoms with E-state index in [1.807, 2.05) is 6.92 Å². The van der Waals surface area contributed by atoms with E-state index in [1.165, 1.54) is 0 Å². The fourth-order valence-corrected chi connectivity index (χ4v) is 0.689. The van der Waals surface area contributed by atoms with Gasteiger partial charge in [-0.05, 0) is 12.8 Å². The van der Waals surface area contributed by atoms with E-state index in [0.717, 1.165) is 19.1 Å². The van der Waals surface area contributed by atoms with Crippen molar-refractivity contribution in [1.29, 1.82) is 0 Å². The van der Waals surface area contributed by atoms with Crippen molar-refractivity contribution >= 4 is 12.2 Å². The lowest BCUT2D eigenvalue weighted by atomic mass is 10.1. The summed E-state index contributed by atoms with van der Waals surface area (Å²) in [5.41, 5.74) is 10.2. The number of hydrogen-bond donors (Lipinski definition) is 2. The van der Waals surface area contributed by atoms with E-state index in [4.69, 9.17) is 11.5 Å². The largest absolute Gasteiger partial charge is 0.370 e. The molecule has 0 aromatic rings. The second kappa shape index (κ2) is 5.70. The van der Waals surface area contributed by atoms with Crippen LogP contribution in [-0.4, -0.2) is 18.8 Å². The van der Waals surface area contributed by atoms with Crippen LogP contribution in [0.2, 0.25) is 0 Å². The third kappa shape index (κ3) is 6.83. The van der Waals surface area contributed by atoms with Gasteiger partial charge in [0, 0.05) is 12.5 Å². The third-order valence-corrected chi connectivity index (χ3v) is 1.34. The van der Waals surface area contributed by atoms with Crippen molar-refractivity contribution < 1.29 is 4.79 Å². The molecule has 0 aliphatic heterocycles. The number of carbonyl (C=O) groups excluding carboxylic acids is 1. The van der Waals surface area contributed by atoms with Crippen molar-refractivity contribution in [1.82, 2.24) is 0 Å². The van der Waals surface area contributed by atoms with Crippen molar-refractivity contribution in [2.45, 2.75) is 19.8 Å². The van der Waals surface area contributed by atoms with Crippen LogP contribution in [0.4, 0.5) is 0 Å². The van der Waals surface area contributed by atoms with E-state index in [9.17, 15) is 4.79 Å². The highest BCUT2D eigenvalue weighted by molar-refractivity contribution is 5.75. The van der Waals surface area contributed by atoms with Crippen molar-refractivity contribution in [2.24, 2.45) is 22.4 Å². The van der Waals surface area contributed by atoms with Gasteiger partial charge in [0.2, 0.25) is 0 Å². The molecule has 0 saturated carbocycles. The van der Waals surface area contributed by atoms with Crippen LogP contribution >= 0.6 is 0 Å². The number of nitrogens with zero attached hydrogens (tertiary/aromatic N) is 1. The fraction of sp³-hybridized carbons (Fsp3) is 0.714. The second-order valence-electron chi connectivity index (χ2n) is 2.56. The maximum absolute atomic E-state index is 10.1. The maximum Gasteiger partial charge on any atom is 0.185 e. The van der Waals surface area contributed by atoms with Crippen molar-refractivity contribution in [2.75, 3.05) is 6.54 Å². The Hall–Kier alpha value is -1.06. The highest BCUT2D eigenvalue weighted by atomic mass is 16.1. The van der Waals surface area contributed by atoms with E-state index in [2.05, 4.69) is 4.99 Å². The number of rotatable bonds is 5. The van der Waals surface area contributed by atoms with Crippen LogP contribution in [0, 0.1) is 5.92 Å². The lowest BCUT2D eigenvalue weighted by Gasteiger charge is -1.99. The highest BCUT2D eigenvalue weighted by Crippen LogP contribution is 2.00. The molecular weight excluding hydrogens is 142 g/mol. The molecule has 0 fully saturated rings. The molecule has 11 heavy (non-hydrogen) atoms. The first kappa shape index (κ1) is 9.94. The molecule has 0 bridgehead atoms. The van der Waals surface area contributed by atoms with Crippen molar-refractivity contribution in [3.63, 3.8) is 0 Å². The number of nitrogens with two attached hydrogens (primary N) is 2. The van der Waals surface area contributed by atoms with Gasteiger partial charge in [-0.15, -0.1) is 0 Å². The Morgan fingerprint density at radius 3 is 2.73 bits per heavy atom. The Morgan fingerprint density at radius 1 is 1.64 bits per heavy atom. The average Bonchev–Trinajstić information content (AvgIpc) is 1.97. The third-order valence-electron chi connectivity index (χ3n) is 1.34. The molecule has 0 heterocycles. The molecule has 0 aromatic carbocycles. The van der Waals surface area contributed by atoms with Crippen LogP contribution in [0.1, 0.15) is 19.8 Å². The van der Waals surface area contributed by atoms with Gasteiger partial charge in [-0.25, -0.2) is 0 Å². The molecule has 0 rings (SSSR count). The molecule has 4 nitrogen and oxygen atoms in total. The molecule has 0 amide bonds. The van der Waals surface area contributed by atoms with Crippen LogP contribution in [0.3, 0.4) is 0 Å². The summed E-state index contributed by atoms with van der Waals surface area (Å²) < 4.78 is 0. The quantitative estimate of drug-likeness (QED) is 0.252. The van der Waals surface area contributed by atoms with Gasteiger partial charge >= 0.3 is 0 Å². The Kier molecular flexibility index (Phi) is 5.15. The van der Waals surface area contributed by atoms with Gasteiger partial charge in [0.1, 0.15) is 6.29 Å². The first-order valence-corrected chi connectivity index (χ1v) is 3.67. The molecule has 0 spiro atoms. The minimum atomic E-state index is 0.115. The summed E-state index contributed by atoms with van der Waals surface area (Å²) in [6.07, 6.45) is 2.65. The average molecular weight is 157 g/mol. The number of carbonyl (C=O) groups is 1. The predicted molar refractivity (Wildman–Crippen MR) is 45.1 cm³/mol. The summed E-state index contributed by atoms with van der Waals surface area (Å²) in [5.74, 6) is 0.230. The smallest absolute Gasteiger partial charge is 0.185 e. The molecule has 0 aliphatic carbocycles. The zero-order valence-electron chi connectivity index (χ0n) is 6.79. The Bertz CT molecular complexity index is 141. The molecule has 0 unspecified atom stereocenters. The number of aliphatic imine (C=N–C) groups is 1. The number of hydrogen-bond acceptors (Lipinski definition) is 2.